The van der Waals surface area contributed by atoms with Crippen molar-refractivity contribution in [2.45, 2.75) is 6.92 Å². The second-order valence-corrected chi connectivity index (χ2v) is 6.14. The van der Waals surface area contributed by atoms with Crippen molar-refractivity contribution in [2.24, 2.45) is 0 Å². The zero-order chi connectivity index (χ0) is 19.0. The van der Waals surface area contributed by atoms with E-state index in [2.05, 4.69) is 5.32 Å². The fourth-order valence-corrected chi connectivity index (χ4v) is 2.58. The monoisotopic (exact) mass is 357 g/mol. The summed E-state index contributed by atoms with van der Waals surface area (Å²) in [7, 11) is 3.76. The van der Waals surface area contributed by atoms with Gasteiger partial charge in [0, 0.05) is 37.1 Å². The Labute approximate surface area is 149 Å². The molecular weight excluding hydrogens is 340 g/mol. The van der Waals surface area contributed by atoms with Crippen LogP contribution in [0.2, 0.25) is 0 Å². The van der Waals surface area contributed by atoms with Crippen molar-refractivity contribution in [1.82, 2.24) is 0 Å². The largest absolute Gasteiger partial charge is 0.378 e. The van der Waals surface area contributed by atoms with E-state index in [1.165, 1.54) is 6.92 Å². The van der Waals surface area contributed by atoms with E-state index in [0.717, 1.165) is 28.8 Å². The predicted molar refractivity (Wildman–Crippen MR) is 96.1 cm³/mol. The van der Waals surface area contributed by atoms with E-state index in [-0.39, 0.29) is 16.9 Å². The molecular formula is C19H17F2N3O2. The minimum Gasteiger partial charge on any atom is -0.378 e. The van der Waals surface area contributed by atoms with Gasteiger partial charge in [0.2, 0.25) is 0 Å². The Morgan fingerprint density at radius 1 is 1.00 bits per heavy atom. The normalized spacial score (nSPS) is 13.9. The van der Waals surface area contributed by atoms with Crippen LogP contribution in [0.3, 0.4) is 0 Å². The van der Waals surface area contributed by atoms with Crippen LogP contribution in [0.5, 0.6) is 0 Å². The summed E-state index contributed by atoms with van der Waals surface area (Å²) in [6.07, 6.45) is 1.11. The van der Waals surface area contributed by atoms with E-state index in [4.69, 9.17) is 0 Å². The molecule has 134 valence electrons. The van der Waals surface area contributed by atoms with Crippen molar-refractivity contribution in [1.29, 1.82) is 0 Å². The summed E-state index contributed by atoms with van der Waals surface area (Å²) in [6, 6.07) is 9.04. The second-order valence-electron chi connectivity index (χ2n) is 6.14. The van der Waals surface area contributed by atoms with Crippen molar-refractivity contribution in [3.05, 3.63) is 65.4 Å². The minimum atomic E-state index is -0.735. The van der Waals surface area contributed by atoms with Gasteiger partial charge in [0.05, 0.1) is 5.69 Å². The van der Waals surface area contributed by atoms with Gasteiger partial charge in [-0.2, -0.15) is 0 Å². The molecule has 3 rings (SSSR count). The summed E-state index contributed by atoms with van der Waals surface area (Å²) in [5, 5.41) is 2.62. The number of benzene rings is 2. The van der Waals surface area contributed by atoms with Gasteiger partial charge in [-0.25, -0.2) is 13.7 Å². The van der Waals surface area contributed by atoms with E-state index < -0.39 is 23.4 Å². The number of rotatable bonds is 4. The van der Waals surface area contributed by atoms with Gasteiger partial charge in [-0.05, 0) is 43.3 Å². The summed E-state index contributed by atoms with van der Waals surface area (Å²) in [4.78, 5) is 27.7. The first kappa shape index (κ1) is 17.6. The maximum atomic E-state index is 13.7. The van der Waals surface area contributed by atoms with Gasteiger partial charge in [0.1, 0.15) is 17.3 Å². The molecule has 1 heterocycles. The molecule has 7 heteroatoms. The van der Waals surface area contributed by atoms with Gasteiger partial charge < -0.3 is 10.2 Å². The number of hydrogen-bond donors (Lipinski definition) is 1. The number of anilines is 3. The highest BCUT2D eigenvalue weighted by atomic mass is 19.1. The lowest BCUT2D eigenvalue weighted by Crippen LogP contribution is -2.31. The molecule has 0 aliphatic carbocycles. The molecule has 0 atom stereocenters. The van der Waals surface area contributed by atoms with Gasteiger partial charge in [-0.1, -0.05) is 0 Å². The molecule has 1 aliphatic heterocycles. The highest BCUT2D eigenvalue weighted by molar-refractivity contribution is 6.31. The summed E-state index contributed by atoms with van der Waals surface area (Å²) >= 11 is 0. The number of hydrogen-bond acceptors (Lipinski definition) is 4. The van der Waals surface area contributed by atoms with Crippen LogP contribution in [0.25, 0.3) is 0 Å². The Hall–Kier alpha value is -3.22. The van der Waals surface area contributed by atoms with E-state index in [1.54, 1.807) is 24.3 Å². The molecule has 0 saturated carbocycles. The first-order valence-corrected chi connectivity index (χ1v) is 7.88. The lowest BCUT2D eigenvalue weighted by Gasteiger charge is -2.18. The molecule has 0 spiro atoms. The van der Waals surface area contributed by atoms with Crippen molar-refractivity contribution >= 4 is 28.9 Å². The lowest BCUT2D eigenvalue weighted by atomic mass is 10.2. The number of imide groups is 1. The summed E-state index contributed by atoms with van der Waals surface area (Å²) in [5.74, 6) is -2.58. The van der Waals surface area contributed by atoms with E-state index >= 15 is 0 Å². The number of halogens is 2. The standard InChI is InChI=1S/C19H17F2N3O2/c1-11-15(20)8-12(9-16(11)21)22-17-10-18(25)24(19(17)26)14-6-4-13(5-7-14)23(2)3/h4-10,22H,1-3H3. The van der Waals surface area contributed by atoms with Gasteiger partial charge in [0.25, 0.3) is 11.8 Å². The molecule has 0 unspecified atom stereocenters. The van der Waals surface area contributed by atoms with Gasteiger partial charge >= 0.3 is 0 Å². The molecule has 0 aromatic heterocycles. The van der Waals surface area contributed by atoms with Crippen molar-refractivity contribution in [2.75, 3.05) is 29.2 Å². The number of carbonyl (C=O) groups is 2. The van der Waals surface area contributed by atoms with Crippen LogP contribution < -0.4 is 15.1 Å². The van der Waals surface area contributed by atoms with E-state index in [0.29, 0.717) is 5.69 Å². The van der Waals surface area contributed by atoms with Gasteiger partial charge in [0.15, 0.2) is 0 Å². The molecule has 0 saturated heterocycles. The smallest absolute Gasteiger partial charge is 0.281 e. The maximum Gasteiger partial charge on any atom is 0.281 e. The molecule has 26 heavy (non-hydrogen) atoms. The van der Waals surface area contributed by atoms with Crippen LogP contribution in [0.4, 0.5) is 25.8 Å². The van der Waals surface area contributed by atoms with E-state index in [1.807, 2.05) is 19.0 Å². The highest BCUT2D eigenvalue weighted by Crippen LogP contribution is 2.26. The number of nitrogens with zero attached hydrogens (tertiary/aromatic N) is 2. The zero-order valence-electron chi connectivity index (χ0n) is 14.5. The van der Waals surface area contributed by atoms with Gasteiger partial charge in [-0.3, -0.25) is 9.59 Å². The summed E-state index contributed by atoms with van der Waals surface area (Å²) in [5.41, 5.74) is 1.24. The number of amides is 2. The molecule has 2 aromatic rings. The SMILES string of the molecule is Cc1c(F)cc(NC2=CC(=O)N(c3ccc(N(C)C)cc3)C2=O)cc1F. The summed E-state index contributed by atoms with van der Waals surface area (Å²) in [6.45, 7) is 1.32. The average Bonchev–Trinajstić information content (AvgIpc) is 2.86. The second kappa shape index (κ2) is 6.59. The maximum absolute atomic E-state index is 13.7. The van der Waals surface area contributed by atoms with Gasteiger partial charge in [-0.15, -0.1) is 0 Å². The van der Waals surface area contributed by atoms with Crippen LogP contribution in [0.1, 0.15) is 5.56 Å². The minimum absolute atomic E-state index is 0.0469. The van der Waals surface area contributed by atoms with Crippen molar-refractivity contribution < 1.29 is 18.4 Å². The number of nitrogens with one attached hydrogen (secondary N) is 1. The molecule has 5 nitrogen and oxygen atoms in total. The quantitative estimate of drug-likeness (QED) is 0.854. The third-order valence-electron chi connectivity index (χ3n) is 4.11. The van der Waals surface area contributed by atoms with Crippen LogP contribution >= 0.6 is 0 Å². The molecule has 1 N–H and O–H groups in total. The van der Waals surface area contributed by atoms with E-state index in [9.17, 15) is 18.4 Å². The first-order chi connectivity index (χ1) is 12.3. The van der Waals surface area contributed by atoms with Crippen LogP contribution in [-0.2, 0) is 9.59 Å². The van der Waals surface area contributed by atoms with Crippen LogP contribution in [-0.4, -0.2) is 25.9 Å². The van der Waals surface area contributed by atoms with Crippen molar-refractivity contribution in [3.8, 4) is 0 Å². The Kier molecular flexibility index (Phi) is 4.46. The Morgan fingerprint density at radius 3 is 2.12 bits per heavy atom. The highest BCUT2D eigenvalue weighted by Gasteiger charge is 2.32. The topological polar surface area (TPSA) is 52.7 Å². The summed E-state index contributed by atoms with van der Waals surface area (Å²) < 4.78 is 27.3. The van der Waals surface area contributed by atoms with Crippen LogP contribution in [0, 0.1) is 18.6 Å². The van der Waals surface area contributed by atoms with Crippen LogP contribution in [0.15, 0.2) is 48.2 Å². The zero-order valence-corrected chi connectivity index (χ0v) is 14.5. The molecule has 1 aliphatic rings. The molecule has 2 aromatic carbocycles. The molecule has 0 bridgehead atoms. The fourth-order valence-electron chi connectivity index (χ4n) is 2.58. The third-order valence-corrected chi connectivity index (χ3v) is 4.11. The molecule has 2 amide bonds. The van der Waals surface area contributed by atoms with Crippen molar-refractivity contribution in [3.63, 3.8) is 0 Å². The number of carbonyl (C=O) groups excluding carboxylic acids is 2. The fraction of sp³-hybridized carbons (Fsp3) is 0.158. The Bertz CT molecular complexity index is 898. The Balaban J connectivity index is 1.83. The first-order valence-electron chi connectivity index (χ1n) is 7.88. The predicted octanol–water partition coefficient (Wildman–Crippen LogP) is 3.21. The average molecular weight is 357 g/mol. The third kappa shape index (κ3) is 3.15. The molecule has 0 radical (unpaired) electrons. The lowest BCUT2D eigenvalue weighted by molar-refractivity contribution is -0.120. The molecule has 0 fully saturated rings. The Morgan fingerprint density at radius 2 is 1.58 bits per heavy atom.